The molecule has 0 aliphatic carbocycles. The number of rotatable bonds is 8. The summed E-state index contributed by atoms with van der Waals surface area (Å²) in [6.07, 6.45) is 7.42. The van der Waals surface area contributed by atoms with Crippen LogP contribution in [0.1, 0.15) is 5.56 Å². The van der Waals surface area contributed by atoms with E-state index < -0.39 is 5.82 Å². The first kappa shape index (κ1) is 21.2. The smallest absolute Gasteiger partial charge is 0.229 e. The maximum absolute atomic E-state index is 14.6. The van der Waals surface area contributed by atoms with E-state index in [-0.39, 0.29) is 18.4 Å². The van der Waals surface area contributed by atoms with Crippen molar-refractivity contribution in [3.05, 3.63) is 60.7 Å². The molecule has 4 rings (SSSR count). The SMILES string of the molecule is COc1cc(Nc2ncc(F)c(-n3cc(CO)c(-c4ccoc4)c3)n2)cc(OC)c1OC. The van der Waals surface area contributed by atoms with Gasteiger partial charge in [0.25, 0.3) is 0 Å². The van der Waals surface area contributed by atoms with Gasteiger partial charge in [-0.1, -0.05) is 0 Å². The van der Waals surface area contributed by atoms with Crippen LogP contribution in [0.5, 0.6) is 17.2 Å². The van der Waals surface area contributed by atoms with E-state index in [1.165, 1.54) is 32.2 Å². The number of aromatic nitrogens is 3. The monoisotopic (exact) mass is 440 g/mol. The molecule has 4 aromatic rings. The lowest BCUT2D eigenvalue weighted by Gasteiger charge is -2.15. The summed E-state index contributed by atoms with van der Waals surface area (Å²) in [7, 11) is 4.53. The molecule has 0 aliphatic heterocycles. The Morgan fingerprint density at radius 2 is 1.88 bits per heavy atom. The Morgan fingerprint density at radius 1 is 1.12 bits per heavy atom. The molecule has 0 saturated carbocycles. The minimum atomic E-state index is -0.626. The van der Waals surface area contributed by atoms with Gasteiger partial charge in [-0.15, -0.1) is 0 Å². The fourth-order valence-corrected chi connectivity index (χ4v) is 3.30. The summed E-state index contributed by atoms with van der Waals surface area (Å²) in [6.45, 7) is -0.225. The first-order chi connectivity index (χ1) is 15.6. The molecule has 0 radical (unpaired) electrons. The molecule has 3 heterocycles. The van der Waals surface area contributed by atoms with Crippen LogP contribution in [0.15, 0.2) is 53.7 Å². The summed E-state index contributed by atoms with van der Waals surface area (Å²) in [4.78, 5) is 8.33. The van der Waals surface area contributed by atoms with Crippen molar-refractivity contribution >= 4 is 11.6 Å². The predicted octanol–water partition coefficient (Wildman–Crippen LogP) is 3.93. The number of methoxy groups -OCH3 is 3. The van der Waals surface area contributed by atoms with E-state index in [1.807, 2.05) is 0 Å². The van der Waals surface area contributed by atoms with Gasteiger partial charge in [-0.2, -0.15) is 4.98 Å². The molecule has 9 nitrogen and oxygen atoms in total. The van der Waals surface area contributed by atoms with Crippen LogP contribution >= 0.6 is 0 Å². The number of benzene rings is 1. The molecule has 1 aromatic carbocycles. The highest BCUT2D eigenvalue weighted by atomic mass is 19.1. The minimum absolute atomic E-state index is 0.0133. The maximum atomic E-state index is 14.6. The minimum Gasteiger partial charge on any atom is -0.493 e. The van der Waals surface area contributed by atoms with Crippen molar-refractivity contribution in [3.63, 3.8) is 0 Å². The van der Waals surface area contributed by atoms with Gasteiger partial charge in [0.15, 0.2) is 23.1 Å². The maximum Gasteiger partial charge on any atom is 0.229 e. The molecule has 2 N–H and O–H groups in total. The highest BCUT2D eigenvalue weighted by Crippen LogP contribution is 2.40. The number of hydrogen-bond acceptors (Lipinski definition) is 8. The Bertz CT molecular complexity index is 1200. The summed E-state index contributed by atoms with van der Waals surface area (Å²) in [6, 6.07) is 5.13. The van der Waals surface area contributed by atoms with Gasteiger partial charge in [-0.3, -0.25) is 0 Å². The molecule has 0 saturated heterocycles. The summed E-state index contributed by atoms with van der Waals surface area (Å²) >= 11 is 0. The van der Waals surface area contributed by atoms with Crippen molar-refractivity contribution in [3.8, 4) is 34.2 Å². The zero-order valence-corrected chi connectivity index (χ0v) is 17.6. The second-order valence-electron chi connectivity index (χ2n) is 6.68. The van der Waals surface area contributed by atoms with E-state index in [2.05, 4.69) is 15.3 Å². The van der Waals surface area contributed by atoms with Crippen molar-refractivity contribution in [1.82, 2.24) is 14.5 Å². The van der Waals surface area contributed by atoms with Gasteiger partial charge in [0, 0.05) is 46.9 Å². The van der Waals surface area contributed by atoms with Crippen molar-refractivity contribution < 1.29 is 28.1 Å². The first-order valence-corrected chi connectivity index (χ1v) is 9.52. The normalized spacial score (nSPS) is 10.8. The molecular formula is C22H21FN4O5. The fourth-order valence-electron chi connectivity index (χ4n) is 3.30. The van der Waals surface area contributed by atoms with E-state index in [1.54, 1.807) is 36.9 Å². The molecule has 10 heteroatoms. The average molecular weight is 440 g/mol. The molecule has 166 valence electrons. The van der Waals surface area contributed by atoms with Crippen molar-refractivity contribution in [2.45, 2.75) is 6.61 Å². The summed E-state index contributed by atoms with van der Waals surface area (Å²) in [5.41, 5.74) is 2.62. The highest BCUT2D eigenvalue weighted by Gasteiger charge is 2.17. The highest BCUT2D eigenvalue weighted by molar-refractivity contribution is 5.67. The van der Waals surface area contributed by atoms with Crippen LogP contribution in [0.4, 0.5) is 16.0 Å². The zero-order chi connectivity index (χ0) is 22.7. The number of nitrogens with zero attached hydrogens (tertiary/aromatic N) is 3. The van der Waals surface area contributed by atoms with Gasteiger partial charge in [-0.05, 0) is 6.07 Å². The topological polar surface area (TPSA) is 104 Å². The van der Waals surface area contributed by atoms with Gasteiger partial charge in [0.2, 0.25) is 11.7 Å². The lowest BCUT2D eigenvalue weighted by Crippen LogP contribution is -2.05. The molecule has 0 amide bonds. The molecule has 0 aliphatic rings. The van der Waals surface area contributed by atoms with Crippen molar-refractivity contribution in [1.29, 1.82) is 0 Å². The van der Waals surface area contributed by atoms with E-state index in [9.17, 15) is 9.50 Å². The third-order valence-corrected chi connectivity index (χ3v) is 4.80. The number of halogens is 1. The molecule has 0 bridgehead atoms. The summed E-state index contributed by atoms with van der Waals surface area (Å²) < 4.78 is 37.2. The Morgan fingerprint density at radius 3 is 2.47 bits per heavy atom. The molecule has 0 unspecified atom stereocenters. The standard InChI is InChI=1S/C22H21FN4O5/c1-29-18-6-15(7-19(30-2)20(18)31-3)25-22-24-8-17(23)21(26-22)27-9-14(11-28)16(10-27)13-4-5-32-12-13/h4-10,12,28H,11H2,1-3H3,(H,24,25,26). The van der Waals surface area contributed by atoms with Crippen molar-refractivity contribution in [2.24, 2.45) is 0 Å². The third kappa shape index (κ3) is 3.95. The number of hydrogen-bond donors (Lipinski definition) is 2. The molecule has 32 heavy (non-hydrogen) atoms. The van der Waals surface area contributed by atoms with E-state index in [4.69, 9.17) is 18.6 Å². The second kappa shape index (κ2) is 8.98. The fraction of sp³-hybridized carbons (Fsp3) is 0.182. The number of anilines is 2. The Labute approximate surface area is 183 Å². The van der Waals surface area contributed by atoms with Crippen LogP contribution in [-0.4, -0.2) is 41.0 Å². The number of aliphatic hydroxyl groups excluding tert-OH is 1. The second-order valence-corrected chi connectivity index (χ2v) is 6.68. The summed E-state index contributed by atoms with van der Waals surface area (Å²) in [5.74, 6) is 0.869. The molecule has 3 aromatic heterocycles. The Kier molecular flexibility index (Phi) is 5.95. The average Bonchev–Trinajstić information content (AvgIpc) is 3.49. The van der Waals surface area contributed by atoms with Gasteiger partial charge in [0.1, 0.15) is 0 Å². The van der Waals surface area contributed by atoms with Crippen LogP contribution < -0.4 is 19.5 Å². The number of ether oxygens (including phenoxy) is 3. The van der Waals surface area contributed by atoms with Crippen LogP contribution in [-0.2, 0) is 6.61 Å². The molecule has 0 atom stereocenters. The van der Waals surface area contributed by atoms with E-state index >= 15 is 0 Å². The lowest BCUT2D eigenvalue weighted by molar-refractivity contribution is 0.282. The number of furan rings is 1. The molecule has 0 fully saturated rings. The van der Waals surface area contributed by atoms with Crippen molar-refractivity contribution in [2.75, 3.05) is 26.6 Å². The zero-order valence-electron chi connectivity index (χ0n) is 17.6. The van der Waals surface area contributed by atoms with Crippen LogP contribution in [0.3, 0.4) is 0 Å². The van der Waals surface area contributed by atoms with Gasteiger partial charge in [-0.25, -0.2) is 9.37 Å². The number of aliphatic hydroxyl groups is 1. The first-order valence-electron chi connectivity index (χ1n) is 9.52. The van der Waals surface area contributed by atoms with Crippen LogP contribution in [0.25, 0.3) is 16.9 Å². The van der Waals surface area contributed by atoms with Crippen LogP contribution in [0, 0.1) is 5.82 Å². The Balaban J connectivity index is 1.70. The van der Waals surface area contributed by atoms with E-state index in [0.717, 1.165) is 11.8 Å². The lowest BCUT2D eigenvalue weighted by atomic mass is 10.1. The van der Waals surface area contributed by atoms with E-state index in [0.29, 0.717) is 34.1 Å². The molecular weight excluding hydrogens is 419 g/mol. The quantitative estimate of drug-likeness (QED) is 0.425. The summed E-state index contributed by atoms with van der Waals surface area (Å²) in [5, 5.41) is 12.7. The van der Waals surface area contributed by atoms with Gasteiger partial charge < -0.3 is 33.6 Å². The third-order valence-electron chi connectivity index (χ3n) is 4.80. The van der Waals surface area contributed by atoms with Crippen LogP contribution in [0.2, 0.25) is 0 Å². The number of nitrogens with one attached hydrogen (secondary N) is 1. The Hall–Kier alpha value is -4.05. The largest absolute Gasteiger partial charge is 0.493 e. The molecule has 0 spiro atoms. The van der Waals surface area contributed by atoms with Gasteiger partial charge >= 0.3 is 0 Å². The van der Waals surface area contributed by atoms with Gasteiger partial charge in [0.05, 0.1) is 46.7 Å². The predicted molar refractivity (Wildman–Crippen MR) is 114 cm³/mol.